The van der Waals surface area contributed by atoms with Crippen LogP contribution in [0, 0.1) is 0 Å². The van der Waals surface area contributed by atoms with Gasteiger partial charge in [0.25, 0.3) is 5.91 Å². The number of aliphatic carboxylic acids is 2. The molecule has 0 aliphatic rings. The zero-order chi connectivity index (χ0) is 26.2. The average Bonchev–Trinajstić information content (AvgIpc) is 3.24. The van der Waals surface area contributed by atoms with E-state index in [9.17, 15) is 24.3 Å². The van der Waals surface area contributed by atoms with Gasteiger partial charge in [0.2, 0.25) is 5.95 Å². The highest BCUT2D eigenvalue weighted by Gasteiger charge is 2.22. The summed E-state index contributed by atoms with van der Waals surface area (Å²) in [6.45, 7) is 0. The van der Waals surface area contributed by atoms with Gasteiger partial charge in [-0.15, -0.1) is 0 Å². The number of fused-ring (bicyclic) bond motifs is 1. The van der Waals surface area contributed by atoms with Crippen LogP contribution in [0.3, 0.4) is 0 Å². The first kappa shape index (κ1) is 26.1. The van der Waals surface area contributed by atoms with Crippen molar-refractivity contribution in [2.45, 2.75) is 50.5 Å². The lowest BCUT2D eigenvalue weighted by Crippen LogP contribution is -2.41. The third-order valence-corrected chi connectivity index (χ3v) is 5.95. The van der Waals surface area contributed by atoms with E-state index in [1.54, 1.807) is 24.3 Å². The summed E-state index contributed by atoms with van der Waals surface area (Å²) in [5.74, 6) is -2.68. The van der Waals surface area contributed by atoms with Crippen molar-refractivity contribution in [1.29, 1.82) is 0 Å². The third kappa shape index (κ3) is 6.56. The van der Waals surface area contributed by atoms with Gasteiger partial charge in [-0.2, -0.15) is 9.97 Å². The minimum absolute atomic E-state index is 0.00974. The first-order valence-corrected chi connectivity index (χ1v) is 11.4. The molecular formula is C24H28N6O6. The van der Waals surface area contributed by atoms with Crippen LogP contribution in [0.1, 0.15) is 59.5 Å². The lowest BCUT2D eigenvalue weighted by molar-refractivity contribution is -0.140. The van der Waals surface area contributed by atoms with Gasteiger partial charge in [0.05, 0.1) is 5.39 Å². The second-order valence-corrected chi connectivity index (χ2v) is 8.40. The minimum atomic E-state index is -1.31. The summed E-state index contributed by atoms with van der Waals surface area (Å²) in [6.07, 6.45) is 4.36. The monoisotopic (exact) mass is 496 g/mol. The van der Waals surface area contributed by atoms with Gasteiger partial charge in [0, 0.05) is 24.6 Å². The number of rotatable bonds is 13. The van der Waals surface area contributed by atoms with E-state index in [2.05, 4.69) is 20.3 Å². The molecule has 1 aromatic carbocycles. The maximum Gasteiger partial charge on any atom is 0.326 e. The van der Waals surface area contributed by atoms with Crippen LogP contribution in [0.5, 0.6) is 0 Å². The molecule has 190 valence electrons. The number of carboxylic acids is 2. The molecule has 3 rings (SSSR count). The van der Waals surface area contributed by atoms with E-state index in [1.807, 2.05) is 6.20 Å². The standard InChI is InChI=1S/C24H28N6O6/c25-20-19-16(12-27-21(19)30-24(26)29-20)8-5-13(2-1-11-31)14-3-6-15(7-4-14)22(34)28-17(23(35)36)9-10-18(32)33/h3-4,6-7,11-13,17H,1-2,5,8-10H2,(H,28,34)(H,32,33)(H,35,36)(H5,25,26,27,29,30)/t13?,17-/m0/s1. The number of aromatic nitrogens is 3. The van der Waals surface area contributed by atoms with Crippen LogP contribution >= 0.6 is 0 Å². The molecular weight excluding hydrogens is 468 g/mol. The van der Waals surface area contributed by atoms with Gasteiger partial charge in [-0.3, -0.25) is 9.59 Å². The van der Waals surface area contributed by atoms with E-state index < -0.39 is 23.9 Å². The second kappa shape index (κ2) is 11.8. The second-order valence-electron chi connectivity index (χ2n) is 8.40. The van der Waals surface area contributed by atoms with Crippen LogP contribution < -0.4 is 16.8 Å². The fourth-order valence-corrected chi connectivity index (χ4v) is 4.09. The Morgan fingerprint density at radius 3 is 2.42 bits per heavy atom. The normalized spacial score (nSPS) is 12.7. The van der Waals surface area contributed by atoms with Crippen LogP contribution in [0.2, 0.25) is 0 Å². The number of carbonyl (C=O) groups is 4. The van der Waals surface area contributed by atoms with Crippen molar-refractivity contribution in [3.8, 4) is 0 Å². The molecule has 8 N–H and O–H groups in total. The number of hydrogen-bond donors (Lipinski definition) is 6. The number of benzene rings is 1. The number of carboxylic acid groups (broad SMARTS) is 2. The summed E-state index contributed by atoms with van der Waals surface area (Å²) in [5.41, 5.74) is 14.3. The van der Waals surface area contributed by atoms with Crippen LogP contribution in [0.25, 0.3) is 11.0 Å². The third-order valence-electron chi connectivity index (χ3n) is 5.95. The first-order chi connectivity index (χ1) is 17.2. The minimum Gasteiger partial charge on any atom is -0.481 e. The molecule has 2 heterocycles. The molecule has 0 aliphatic carbocycles. The fraction of sp³-hybridized carbons (Fsp3) is 0.333. The van der Waals surface area contributed by atoms with E-state index >= 15 is 0 Å². The zero-order valence-electron chi connectivity index (χ0n) is 19.4. The number of anilines is 2. The number of aryl methyl sites for hydroxylation is 1. The van der Waals surface area contributed by atoms with E-state index in [4.69, 9.17) is 16.6 Å². The number of nitrogens with zero attached hydrogens (tertiary/aromatic N) is 2. The molecule has 0 spiro atoms. The lowest BCUT2D eigenvalue weighted by Gasteiger charge is -2.17. The van der Waals surface area contributed by atoms with Crippen LogP contribution in [-0.2, 0) is 20.8 Å². The van der Waals surface area contributed by atoms with Crippen molar-refractivity contribution < 1.29 is 29.4 Å². The molecule has 0 saturated heterocycles. The predicted molar refractivity (Wildman–Crippen MR) is 131 cm³/mol. The zero-order valence-corrected chi connectivity index (χ0v) is 19.4. The van der Waals surface area contributed by atoms with Crippen molar-refractivity contribution in [3.05, 3.63) is 47.2 Å². The van der Waals surface area contributed by atoms with Crippen LogP contribution in [0.15, 0.2) is 30.5 Å². The maximum atomic E-state index is 12.5. The molecule has 12 heteroatoms. The summed E-state index contributed by atoms with van der Waals surface area (Å²) < 4.78 is 0. The van der Waals surface area contributed by atoms with E-state index in [0.29, 0.717) is 36.7 Å². The summed E-state index contributed by atoms with van der Waals surface area (Å²) in [4.78, 5) is 56.9. The van der Waals surface area contributed by atoms with Gasteiger partial charge in [-0.05, 0) is 54.9 Å². The molecule has 0 aliphatic heterocycles. The number of nitrogen functional groups attached to an aromatic ring is 2. The number of amides is 1. The number of hydrogen-bond acceptors (Lipinski definition) is 8. The molecule has 12 nitrogen and oxygen atoms in total. The Bertz CT molecular complexity index is 1260. The van der Waals surface area contributed by atoms with Gasteiger partial charge in [-0.1, -0.05) is 12.1 Å². The van der Waals surface area contributed by atoms with Gasteiger partial charge in [0.1, 0.15) is 23.8 Å². The Kier molecular flexibility index (Phi) is 8.55. The van der Waals surface area contributed by atoms with Crippen LogP contribution in [0.4, 0.5) is 11.8 Å². The molecule has 2 atom stereocenters. The molecule has 2 aromatic heterocycles. The topological polar surface area (TPSA) is 214 Å². The summed E-state index contributed by atoms with van der Waals surface area (Å²) in [5, 5.41) is 21.1. The van der Waals surface area contributed by atoms with Gasteiger partial charge in [0.15, 0.2) is 0 Å². The Labute approximate surface area is 206 Å². The highest BCUT2D eigenvalue weighted by Crippen LogP contribution is 2.30. The molecule has 1 unspecified atom stereocenters. The van der Waals surface area contributed by atoms with Crippen molar-refractivity contribution in [1.82, 2.24) is 20.3 Å². The van der Waals surface area contributed by atoms with Crippen molar-refractivity contribution in [2.75, 3.05) is 11.5 Å². The summed E-state index contributed by atoms with van der Waals surface area (Å²) in [7, 11) is 0. The molecule has 36 heavy (non-hydrogen) atoms. The molecule has 1 amide bonds. The molecule has 0 saturated carbocycles. The number of carbonyl (C=O) groups excluding carboxylic acids is 2. The molecule has 3 aromatic rings. The van der Waals surface area contributed by atoms with E-state index in [0.717, 1.165) is 17.4 Å². The molecule has 0 radical (unpaired) electrons. The Morgan fingerprint density at radius 1 is 1.06 bits per heavy atom. The van der Waals surface area contributed by atoms with Crippen molar-refractivity contribution >= 4 is 46.9 Å². The highest BCUT2D eigenvalue weighted by atomic mass is 16.4. The van der Waals surface area contributed by atoms with Crippen molar-refractivity contribution in [3.63, 3.8) is 0 Å². The van der Waals surface area contributed by atoms with Gasteiger partial charge in [-0.25, -0.2) is 4.79 Å². The Balaban J connectivity index is 1.71. The SMILES string of the molecule is Nc1nc(N)c2c(CCC(CCC=O)c3ccc(C(=O)N[C@@H](CCC(=O)O)C(=O)O)cc3)c[nH]c2n1. The quantitative estimate of drug-likeness (QED) is 0.189. The van der Waals surface area contributed by atoms with Gasteiger partial charge < -0.3 is 36.8 Å². The smallest absolute Gasteiger partial charge is 0.326 e. The molecule has 0 bridgehead atoms. The summed E-state index contributed by atoms with van der Waals surface area (Å²) >= 11 is 0. The number of aldehydes is 1. The highest BCUT2D eigenvalue weighted by molar-refractivity contribution is 5.96. The van der Waals surface area contributed by atoms with Crippen LogP contribution in [-0.4, -0.2) is 55.3 Å². The number of H-pyrrole nitrogens is 1. The fourth-order valence-electron chi connectivity index (χ4n) is 4.09. The number of nitrogens with two attached hydrogens (primary N) is 2. The summed E-state index contributed by atoms with van der Waals surface area (Å²) in [6, 6.07) is 5.39. The number of nitrogens with one attached hydrogen (secondary N) is 2. The maximum absolute atomic E-state index is 12.5. The largest absolute Gasteiger partial charge is 0.481 e. The average molecular weight is 497 g/mol. The van der Waals surface area contributed by atoms with E-state index in [-0.39, 0.29) is 36.1 Å². The molecule has 0 fully saturated rings. The lowest BCUT2D eigenvalue weighted by atomic mass is 9.88. The number of aromatic amines is 1. The van der Waals surface area contributed by atoms with E-state index in [1.165, 1.54) is 0 Å². The Hall–Kier alpha value is -4.48. The first-order valence-electron chi connectivity index (χ1n) is 11.4. The van der Waals surface area contributed by atoms with Gasteiger partial charge >= 0.3 is 11.9 Å². The Morgan fingerprint density at radius 2 is 1.78 bits per heavy atom. The van der Waals surface area contributed by atoms with Crippen molar-refractivity contribution in [2.24, 2.45) is 0 Å². The predicted octanol–water partition coefficient (Wildman–Crippen LogP) is 1.87.